The normalized spacial score (nSPS) is 23.2. The van der Waals surface area contributed by atoms with Gasteiger partial charge < -0.3 is 15.4 Å². The summed E-state index contributed by atoms with van der Waals surface area (Å²) in [4.78, 5) is 7.27. The smallest absolute Gasteiger partial charge is 0.191 e. The van der Waals surface area contributed by atoms with Crippen LogP contribution in [-0.4, -0.2) is 62.8 Å². The SMILES string of the molecule is CCNC(=NCC(C)CN1CCOCC1)NC1CCCC1. The van der Waals surface area contributed by atoms with Crippen LogP contribution in [0.5, 0.6) is 0 Å². The molecule has 0 aromatic carbocycles. The Morgan fingerprint density at radius 3 is 2.67 bits per heavy atom. The fraction of sp³-hybridized carbons (Fsp3) is 0.938. The van der Waals surface area contributed by atoms with Crippen molar-refractivity contribution in [1.82, 2.24) is 15.5 Å². The molecule has 1 saturated heterocycles. The molecule has 0 aromatic heterocycles. The van der Waals surface area contributed by atoms with Crippen molar-refractivity contribution in [2.75, 3.05) is 45.9 Å². The van der Waals surface area contributed by atoms with E-state index in [1.165, 1.54) is 25.7 Å². The second-order valence-corrected chi connectivity index (χ2v) is 6.36. The number of guanidine groups is 1. The number of hydrogen-bond donors (Lipinski definition) is 2. The molecule has 5 nitrogen and oxygen atoms in total. The molecule has 2 aliphatic rings. The van der Waals surface area contributed by atoms with E-state index in [1.54, 1.807) is 0 Å². The first-order valence-electron chi connectivity index (χ1n) is 8.63. The Kier molecular flexibility index (Phi) is 7.30. The van der Waals surface area contributed by atoms with Gasteiger partial charge in [0.1, 0.15) is 0 Å². The Bertz CT molecular complexity index is 309. The highest BCUT2D eigenvalue weighted by atomic mass is 16.5. The fourth-order valence-electron chi connectivity index (χ4n) is 3.11. The molecule has 0 spiro atoms. The third kappa shape index (κ3) is 6.22. The van der Waals surface area contributed by atoms with Gasteiger partial charge in [-0.2, -0.15) is 0 Å². The minimum absolute atomic E-state index is 0.585. The van der Waals surface area contributed by atoms with Gasteiger partial charge in [0.15, 0.2) is 5.96 Å². The third-order valence-electron chi connectivity index (χ3n) is 4.27. The van der Waals surface area contributed by atoms with Gasteiger partial charge in [-0.25, -0.2) is 0 Å². The zero-order valence-corrected chi connectivity index (χ0v) is 13.7. The minimum atomic E-state index is 0.585. The molecule has 21 heavy (non-hydrogen) atoms. The van der Waals surface area contributed by atoms with Gasteiger partial charge in [0, 0.05) is 38.8 Å². The predicted octanol–water partition coefficient (Wildman–Crippen LogP) is 1.45. The summed E-state index contributed by atoms with van der Waals surface area (Å²) in [6.07, 6.45) is 5.27. The molecule has 1 aliphatic carbocycles. The second kappa shape index (κ2) is 9.26. The Balaban J connectivity index is 1.74. The van der Waals surface area contributed by atoms with Gasteiger partial charge in [0.2, 0.25) is 0 Å². The maximum atomic E-state index is 5.40. The predicted molar refractivity (Wildman–Crippen MR) is 87.8 cm³/mol. The Morgan fingerprint density at radius 2 is 2.00 bits per heavy atom. The highest BCUT2D eigenvalue weighted by Crippen LogP contribution is 2.17. The van der Waals surface area contributed by atoms with E-state index in [0.29, 0.717) is 12.0 Å². The van der Waals surface area contributed by atoms with Gasteiger partial charge in [-0.3, -0.25) is 9.89 Å². The molecular weight excluding hydrogens is 264 g/mol. The molecule has 1 heterocycles. The highest BCUT2D eigenvalue weighted by molar-refractivity contribution is 5.80. The van der Waals surface area contributed by atoms with Crippen LogP contribution in [0.15, 0.2) is 4.99 Å². The van der Waals surface area contributed by atoms with Gasteiger partial charge in [0.05, 0.1) is 13.2 Å². The number of hydrogen-bond acceptors (Lipinski definition) is 3. The number of nitrogens with one attached hydrogen (secondary N) is 2. The van der Waals surface area contributed by atoms with Gasteiger partial charge in [-0.15, -0.1) is 0 Å². The summed E-state index contributed by atoms with van der Waals surface area (Å²) in [5.74, 6) is 1.58. The van der Waals surface area contributed by atoms with E-state index in [-0.39, 0.29) is 0 Å². The van der Waals surface area contributed by atoms with E-state index in [2.05, 4.69) is 29.4 Å². The zero-order valence-electron chi connectivity index (χ0n) is 13.7. The van der Waals surface area contributed by atoms with Crippen LogP contribution >= 0.6 is 0 Å². The van der Waals surface area contributed by atoms with E-state index < -0.39 is 0 Å². The van der Waals surface area contributed by atoms with Crippen molar-refractivity contribution in [2.45, 2.75) is 45.6 Å². The lowest BCUT2D eigenvalue weighted by molar-refractivity contribution is 0.0323. The molecule has 1 saturated carbocycles. The fourth-order valence-corrected chi connectivity index (χ4v) is 3.11. The van der Waals surface area contributed by atoms with Crippen LogP contribution < -0.4 is 10.6 Å². The van der Waals surface area contributed by atoms with Crippen molar-refractivity contribution in [3.05, 3.63) is 0 Å². The lowest BCUT2D eigenvalue weighted by atomic mass is 10.1. The van der Waals surface area contributed by atoms with Crippen LogP contribution in [0, 0.1) is 5.92 Å². The molecular formula is C16H32N4O. The Morgan fingerprint density at radius 1 is 1.29 bits per heavy atom. The molecule has 122 valence electrons. The van der Waals surface area contributed by atoms with Crippen LogP contribution in [0.3, 0.4) is 0 Å². The summed E-state index contributed by atoms with van der Waals surface area (Å²) in [7, 11) is 0. The van der Waals surface area contributed by atoms with E-state index in [9.17, 15) is 0 Å². The number of ether oxygens (including phenoxy) is 1. The number of nitrogens with zero attached hydrogens (tertiary/aromatic N) is 2. The summed E-state index contributed by atoms with van der Waals surface area (Å²) in [6.45, 7) is 11.2. The first-order valence-corrected chi connectivity index (χ1v) is 8.63. The van der Waals surface area contributed by atoms with Gasteiger partial charge in [0.25, 0.3) is 0 Å². The molecule has 0 amide bonds. The lowest BCUT2D eigenvalue weighted by Crippen LogP contribution is -2.43. The summed E-state index contributed by atoms with van der Waals surface area (Å²) in [5.41, 5.74) is 0. The molecule has 0 radical (unpaired) electrons. The van der Waals surface area contributed by atoms with Crippen LogP contribution in [0.2, 0.25) is 0 Å². The number of morpholine rings is 1. The summed E-state index contributed by atoms with van der Waals surface area (Å²) in [5, 5.41) is 6.95. The molecule has 2 fully saturated rings. The topological polar surface area (TPSA) is 48.9 Å². The van der Waals surface area contributed by atoms with Crippen LogP contribution in [0.1, 0.15) is 39.5 Å². The standard InChI is InChI=1S/C16H32N4O/c1-3-17-16(19-15-6-4-5-7-15)18-12-14(2)13-20-8-10-21-11-9-20/h14-15H,3-13H2,1-2H3,(H2,17,18,19). The van der Waals surface area contributed by atoms with Gasteiger partial charge in [-0.05, 0) is 25.7 Å². The quantitative estimate of drug-likeness (QED) is 0.575. The molecule has 1 atom stereocenters. The molecule has 1 unspecified atom stereocenters. The van der Waals surface area contributed by atoms with Crippen molar-refractivity contribution < 1.29 is 4.74 Å². The largest absolute Gasteiger partial charge is 0.379 e. The maximum Gasteiger partial charge on any atom is 0.191 e. The monoisotopic (exact) mass is 296 g/mol. The van der Waals surface area contributed by atoms with Crippen molar-refractivity contribution in [3.63, 3.8) is 0 Å². The first kappa shape index (κ1) is 16.6. The minimum Gasteiger partial charge on any atom is -0.379 e. The van der Waals surface area contributed by atoms with Crippen molar-refractivity contribution in [2.24, 2.45) is 10.9 Å². The summed E-state index contributed by atoms with van der Waals surface area (Å²) < 4.78 is 5.40. The Hall–Kier alpha value is -0.810. The number of rotatable bonds is 6. The molecule has 0 bridgehead atoms. The van der Waals surface area contributed by atoms with E-state index in [4.69, 9.17) is 9.73 Å². The maximum absolute atomic E-state index is 5.40. The van der Waals surface area contributed by atoms with Crippen molar-refractivity contribution >= 4 is 5.96 Å². The number of aliphatic imine (C=N–C) groups is 1. The van der Waals surface area contributed by atoms with Crippen LogP contribution in [0.4, 0.5) is 0 Å². The molecule has 1 aliphatic heterocycles. The van der Waals surface area contributed by atoms with Crippen molar-refractivity contribution in [3.8, 4) is 0 Å². The first-order chi connectivity index (χ1) is 10.3. The van der Waals surface area contributed by atoms with Crippen LogP contribution in [-0.2, 0) is 4.74 Å². The zero-order chi connectivity index (χ0) is 14.9. The molecule has 2 N–H and O–H groups in total. The average molecular weight is 296 g/mol. The van der Waals surface area contributed by atoms with E-state index in [0.717, 1.165) is 51.9 Å². The lowest BCUT2D eigenvalue weighted by Gasteiger charge is -2.28. The average Bonchev–Trinajstić information content (AvgIpc) is 2.99. The highest BCUT2D eigenvalue weighted by Gasteiger charge is 2.17. The summed E-state index contributed by atoms with van der Waals surface area (Å²) in [6, 6.07) is 0.623. The third-order valence-corrected chi connectivity index (χ3v) is 4.27. The molecule has 5 heteroatoms. The van der Waals surface area contributed by atoms with Crippen LogP contribution in [0.25, 0.3) is 0 Å². The van der Waals surface area contributed by atoms with Gasteiger partial charge in [-0.1, -0.05) is 19.8 Å². The summed E-state index contributed by atoms with van der Waals surface area (Å²) >= 11 is 0. The van der Waals surface area contributed by atoms with E-state index in [1.807, 2.05) is 0 Å². The Labute approximate surface area is 129 Å². The second-order valence-electron chi connectivity index (χ2n) is 6.36. The van der Waals surface area contributed by atoms with E-state index >= 15 is 0 Å². The van der Waals surface area contributed by atoms with Gasteiger partial charge >= 0.3 is 0 Å². The van der Waals surface area contributed by atoms with Crippen molar-refractivity contribution in [1.29, 1.82) is 0 Å². The molecule has 2 rings (SSSR count). The molecule has 0 aromatic rings.